The molecule has 0 spiro atoms. The summed E-state index contributed by atoms with van der Waals surface area (Å²) in [5.74, 6) is -0.0295. The third-order valence-electron chi connectivity index (χ3n) is 3.80. The Morgan fingerprint density at radius 1 is 0.654 bits per heavy atom. The van der Waals surface area contributed by atoms with Gasteiger partial charge in [-0.1, -0.05) is 47.5 Å². The van der Waals surface area contributed by atoms with Crippen LogP contribution < -0.4 is 10.6 Å². The molecule has 26 heavy (non-hydrogen) atoms. The Kier molecular flexibility index (Phi) is 8.45. The molecule has 2 N–H and O–H groups in total. The standard InChI is InChI=1S/C20H22Cl2N2O2/c21-17-7-3-15(4-8-17)13-19(25)23-11-1-2-12-24-20(26)14-16-5-9-18(22)10-6-16/h3-10H,1-2,11-14H2,(H,23,25)(H,24,26). The number of rotatable bonds is 9. The zero-order chi connectivity index (χ0) is 18.8. The van der Waals surface area contributed by atoms with Gasteiger partial charge in [-0.25, -0.2) is 0 Å². The predicted molar refractivity (Wildman–Crippen MR) is 106 cm³/mol. The van der Waals surface area contributed by atoms with E-state index < -0.39 is 0 Å². The molecule has 2 amide bonds. The van der Waals surface area contributed by atoms with Crippen LogP contribution in [0.3, 0.4) is 0 Å². The molecule has 0 heterocycles. The summed E-state index contributed by atoms with van der Waals surface area (Å²) >= 11 is 11.6. The normalized spacial score (nSPS) is 10.4. The number of nitrogens with one attached hydrogen (secondary N) is 2. The second-order valence-corrected chi connectivity index (χ2v) is 6.89. The third-order valence-corrected chi connectivity index (χ3v) is 4.31. The van der Waals surface area contributed by atoms with Crippen LogP contribution in [0.15, 0.2) is 48.5 Å². The summed E-state index contributed by atoms with van der Waals surface area (Å²) < 4.78 is 0. The Labute approximate surface area is 163 Å². The molecule has 0 atom stereocenters. The van der Waals surface area contributed by atoms with E-state index in [1.165, 1.54) is 0 Å². The predicted octanol–water partition coefficient (Wildman–Crippen LogP) is 3.79. The highest BCUT2D eigenvalue weighted by Crippen LogP contribution is 2.10. The SMILES string of the molecule is O=C(Cc1ccc(Cl)cc1)NCCCCNC(=O)Cc1ccc(Cl)cc1. The number of hydrogen-bond acceptors (Lipinski definition) is 2. The molecule has 0 bridgehead atoms. The zero-order valence-corrected chi connectivity index (χ0v) is 15.9. The highest BCUT2D eigenvalue weighted by molar-refractivity contribution is 6.30. The first-order valence-corrected chi connectivity index (χ1v) is 9.31. The van der Waals surface area contributed by atoms with Gasteiger partial charge in [0, 0.05) is 23.1 Å². The summed E-state index contributed by atoms with van der Waals surface area (Å²) in [6.45, 7) is 1.19. The van der Waals surface area contributed by atoms with E-state index in [1.807, 2.05) is 24.3 Å². The molecule has 4 nitrogen and oxygen atoms in total. The van der Waals surface area contributed by atoms with Crippen molar-refractivity contribution in [3.63, 3.8) is 0 Å². The first kappa shape index (κ1) is 20.3. The van der Waals surface area contributed by atoms with Gasteiger partial charge in [0.15, 0.2) is 0 Å². The van der Waals surface area contributed by atoms with E-state index in [0.29, 0.717) is 36.0 Å². The Bertz CT molecular complexity index is 652. The number of carbonyl (C=O) groups is 2. The van der Waals surface area contributed by atoms with Crippen LogP contribution in [0.1, 0.15) is 24.0 Å². The number of benzene rings is 2. The van der Waals surface area contributed by atoms with Crippen molar-refractivity contribution in [1.29, 1.82) is 0 Å². The number of amides is 2. The smallest absolute Gasteiger partial charge is 0.224 e. The minimum atomic E-state index is -0.0147. The van der Waals surface area contributed by atoms with Crippen LogP contribution in [-0.2, 0) is 22.4 Å². The summed E-state index contributed by atoms with van der Waals surface area (Å²) in [6.07, 6.45) is 2.31. The average Bonchev–Trinajstić information content (AvgIpc) is 2.62. The van der Waals surface area contributed by atoms with Gasteiger partial charge in [0.2, 0.25) is 11.8 Å². The van der Waals surface area contributed by atoms with Crippen molar-refractivity contribution in [2.24, 2.45) is 0 Å². The van der Waals surface area contributed by atoms with E-state index in [-0.39, 0.29) is 11.8 Å². The molecule has 138 valence electrons. The molecule has 0 unspecified atom stereocenters. The Morgan fingerprint density at radius 3 is 1.35 bits per heavy atom. The lowest BCUT2D eigenvalue weighted by Crippen LogP contribution is -2.28. The van der Waals surface area contributed by atoms with E-state index >= 15 is 0 Å². The lowest BCUT2D eigenvalue weighted by atomic mass is 10.1. The Hall–Kier alpha value is -2.04. The van der Waals surface area contributed by atoms with Crippen molar-refractivity contribution in [2.75, 3.05) is 13.1 Å². The summed E-state index contributed by atoms with van der Waals surface area (Å²) in [7, 11) is 0. The molecule has 6 heteroatoms. The summed E-state index contributed by atoms with van der Waals surface area (Å²) in [5, 5.41) is 7.08. The van der Waals surface area contributed by atoms with E-state index in [1.54, 1.807) is 24.3 Å². The van der Waals surface area contributed by atoms with Crippen LogP contribution in [0.4, 0.5) is 0 Å². The highest BCUT2D eigenvalue weighted by atomic mass is 35.5. The summed E-state index contributed by atoms with van der Waals surface area (Å²) in [5.41, 5.74) is 1.86. The molecular formula is C20H22Cl2N2O2. The van der Waals surface area contributed by atoms with Gasteiger partial charge in [-0.3, -0.25) is 9.59 Å². The second-order valence-electron chi connectivity index (χ2n) is 6.01. The molecule has 0 saturated carbocycles. The van der Waals surface area contributed by atoms with Crippen LogP contribution in [0, 0.1) is 0 Å². The fourth-order valence-electron chi connectivity index (χ4n) is 2.41. The van der Waals surface area contributed by atoms with Crippen molar-refractivity contribution in [2.45, 2.75) is 25.7 Å². The van der Waals surface area contributed by atoms with Crippen LogP contribution in [-0.4, -0.2) is 24.9 Å². The van der Waals surface area contributed by atoms with Crippen molar-refractivity contribution in [3.05, 3.63) is 69.7 Å². The fourth-order valence-corrected chi connectivity index (χ4v) is 2.66. The molecule has 2 rings (SSSR count). The van der Waals surface area contributed by atoms with Gasteiger partial charge in [0.1, 0.15) is 0 Å². The van der Waals surface area contributed by atoms with E-state index in [4.69, 9.17) is 23.2 Å². The maximum atomic E-state index is 11.8. The summed E-state index contributed by atoms with van der Waals surface area (Å²) in [4.78, 5) is 23.7. The van der Waals surface area contributed by atoms with Crippen molar-refractivity contribution in [1.82, 2.24) is 10.6 Å². The minimum Gasteiger partial charge on any atom is -0.356 e. The Morgan fingerprint density at radius 2 is 1.00 bits per heavy atom. The van der Waals surface area contributed by atoms with Crippen LogP contribution >= 0.6 is 23.2 Å². The monoisotopic (exact) mass is 392 g/mol. The fraction of sp³-hybridized carbons (Fsp3) is 0.300. The van der Waals surface area contributed by atoms with Gasteiger partial charge in [0.25, 0.3) is 0 Å². The molecule has 2 aromatic rings. The first-order chi connectivity index (χ1) is 12.5. The van der Waals surface area contributed by atoms with Gasteiger partial charge in [-0.15, -0.1) is 0 Å². The van der Waals surface area contributed by atoms with Gasteiger partial charge < -0.3 is 10.6 Å². The van der Waals surface area contributed by atoms with E-state index in [0.717, 1.165) is 24.0 Å². The largest absolute Gasteiger partial charge is 0.356 e. The Balaban J connectivity index is 1.53. The number of carbonyl (C=O) groups excluding carboxylic acids is 2. The molecule has 0 aliphatic carbocycles. The van der Waals surface area contributed by atoms with Crippen LogP contribution in [0.2, 0.25) is 10.0 Å². The van der Waals surface area contributed by atoms with Gasteiger partial charge >= 0.3 is 0 Å². The molecule has 0 aliphatic heterocycles. The first-order valence-electron chi connectivity index (χ1n) is 8.55. The lowest BCUT2D eigenvalue weighted by Gasteiger charge is -2.07. The van der Waals surface area contributed by atoms with Crippen LogP contribution in [0.5, 0.6) is 0 Å². The van der Waals surface area contributed by atoms with E-state index in [2.05, 4.69) is 10.6 Å². The molecule has 0 aromatic heterocycles. The maximum Gasteiger partial charge on any atom is 0.224 e. The van der Waals surface area contributed by atoms with Gasteiger partial charge in [-0.2, -0.15) is 0 Å². The number of unbranched alkanes of at least 4 members (excludes halogenated alkanes) is 1. The zero-order valence-electron chi connectivity index (χ0n) is 14.4. The number of halogens is 2. The van der Waals surface area contributed by atoms with E-state index in [9.17, 15) is 9.59 Å². The van der Waals surface area contributed by atoms with Gasteiger partial charge in [-0.05, 0) is 48.2 Å². The molecule has 0 saturated heterocycles. The minimum absolute atomic E-state index is 0.0147. The summed E-state index contributed by atoms with van der Waals surface area (Å²) in [6, 6.07) is 14.5. The van der Waals surface area contributed by atoms with Crippen molar-refractivity contribution >= 4 is 35.0 Å². The molecule has 0 radical (unpaired) electrons. The molecule has 2 aromatic carbocycles. The highest BCUT2D eigenvalue weighted by Gasteiger charge is 2.04. The quantitative estimate of drug-likeness (QED) is 0.637. The third kappa shape index (κ3) is 7.89. The number of hydrogen-bond donors (Lipinski definition) is 2. The maximum absolute atomic E-state index is 11.8. The van der Waals surface area contributed by atoms with Crippen molar-refractivity contribution < 1.29 is 9.59 Å². The second kappa shape index (κ2) is 10.8. The molecule has 0 fully saturated rings. The average molecular weight is 393 g/mol. The van der Waals surface area contributed by atoms with Crippen LogP contribution in [0.25, 0.3) is 0 Å². The van der Waals surface area contributed by atoms with Gasteiger partial charge in [0.05, 0.1) is 12.8 Å². The van der Waals surface area contributed by atoms with Crippen molar-refractivity contribution in [3.8, 4) is 0 Å². The topological polar surface area (TPSA) is 58.2 Å². The molecular weight excluding hydrogens is 371 g/mol. The lowest BCUT2D eigenvalue weighted by molar-refractivity contribution is -0.121. The molecule has 0 aliphatic rings.